The highest BCUT2D eigenvalue weighted by molar-refractivity contribution is 5.44. The number of aromatic nitrogens is 6. The minimum absolute atomic E-state index is 0.402. The first kappa shape index (κ1) is 12.3. The van der Waals surface area contributed by atoms with Crippen LogP contribution in [-0.4, -0.2) is 43.8 Å². The van der Waals surface area contributed by atoms with Crippen LogP contribution < -0.4 is 10.2 Å². The molecule has 9 heteroatoms. The van der Waals surface area contributed by atoms with Gasteiger partial charge < -0.3 is 14.7 Å². The predicted molar refractivity (Wildman–Crippen MR) is 71.5 cm³/mol. The van der Waals surface area contributed by atoms with Crippen molar-refractivity contribution in [3.63, 3.8) is 0 Å². The number of nitrogens with one attached hydrogen (secondary N) is 1. The van der Waals surface area contributed by atoms with Crippen molar-refractivity contribution in [1.82, 2.24) is 29.7 Å². The molecular formula is C11H14N8O. The molecule has 0 aliphatic rings. The second-order valence-corrected chi connectivity index (χ2v) is 4.49. The number of hydrogen-bond donors (Lipinski definition) is 1. The zero-order chi connectivity index (χ0) is 14.1. The summed E-state index contributed by atoms with van der Waals surface area (Å²) in [6, 6.07) is 1.88. The summed E-state index contributed by atoms with van der Waals surface area (Å²) in [5.74, 6) is 2.36. The molecule has 0 spiro atoms. The van der Waals surface area contributed by atoms with Gasteiger partial charge in [-0.2, -0.15) is 19.6 Å². The van der Waals surface area contributed by atoms with E-state index in [4.69, 9.17) is 4.52 Å². The minimum Gasteiger partial charge on any atom is -0.361 e. The van der Waals surface area contributed by atoms with E-state index in [9.17, 15) is 0 Å². The molecule has 0 aromatic carbocycles. The van der Waals surface area contributed by atoms with Crippen molar-refractivity contribution in [2.75, 3.05) is 24.3 Å². The smallest absolute Gasteiger partial charge is 0.265 e. The van der Waals surface area contributed by atoms with Gasteiger partial charge in [0.25, 0.3) is 11.7 Å². The lowest BCUT2D eigenvalue weighted by atomic mass is 10.4. The standard InChI is InChI=1S/C11H14N8O/c1-7-4-8(19-10(15-7)13-6-14-19)12-5-9-16-11(17-20-9)18(2)3/h4,6,12H,5H2,1-3H3. The van der Waals surface area contributed by atoms with Gasteiger partial charge in [0.05, 0.1) is 6.54 Å². The Kier molecular flexibility index (Phi) is 2.93. The quantitative estimate of drug-likeness (QED) is 0.734. The third kappa shape index (κ3) is 2.25. The van der Waals surface area contributed by atoms with E-state index in [1.165, 1.54) is 6.33 Å². The maximum absolute atomic E-state index is 5.15. The van der Waals surface area contributed by atoms with Crippen LogP contribution >= 0.6 is 0 Å². The van der Waals surface area contributed by atoms with Crippen molar-refractivity contribution >= 4 is 17.5 Å². The SMILES string of the molecule is Cc1cc(NCc2nc(N(C)C)no2)n2ncnc2n1. The van der Waals surface area contributed by atoms with Gasteiger partial charge in [0.15, 0.2) is 0 Å². The Labute approximate surface area is 114 Å². The molecule has 0 saturated heterocycles. The maximum Gasteiger partial charge on any atom is 0.265 e. The Balaban J connectivity index is 1.80. The van der Waals surface area contributed by atoms with Crippen LogP contribution in [0.25, 0.3) is 5.78 Å². The van der Waals surface area contributed by atoms with Crippen LogP contribution in [0.1, 0.15) is 11.6 Å². The fourth-order valence-electron chi connectivity index (χ4n) is 1.72. The van der Waals surface area contributed by atoms with Crippen molar-refractivity contribution in [3.05, 3.63) is 24.0 Å². The average molecular weight is 274 g/mol. The Hall–Kier alpha value is -2.71. The molecular weight excluding hydrogens is 260 g/mol. The van der Waals surface area contributed by atoms with Crippen LogP contribution in [0.5, 0.6) is 0 Å². The summed E-state index contributed by atoms with van der Waals surface area (Å²) in [6.07, 6.45) is 1.46. The van der Waals surface area contributed by atoms with Gasteiger partial charge in [0.2, 0.25) is 5.89 Å². The molecule has 0 saturated carbocycles. The molecule has 3 aromatic rings. The monoisotopic (exact) mass is 274 g/mol. The van der Waals surface area contributed by atoms with Crippen molar-refractivity contribution in [3.8, 4) is 0 Å². The van der Waals surface area contributed by atoms with E-state index in [0.29, 0.717) is 24.2 Å². The molecule has 3 rings (SSSR count). The number of nitrogens with zero attached hydrogens (tertiary/aromatic N) is 7. The highest BCUT2D eigenvalue weighted by Gasteiger charge is 2.09. The molecule has 0 aliphatic heterocycles. The summed E-state index contributed by atoms with van der Waals surface area (Å²) >= 11 is 0. The number of rotatable bonds is 4. The molecule has 0 aliphatic carbocycles. The maximum atomic E-state index is 5.15. The Morgan fingerprint density at radius 1 is 1.35 bits per heavy atom. The van der Waals surface area contributed by atoms with Crippen LogP contribution in [0.3, 0.4) is 0 Å². The van der Waals surface area contributed by atoms with Crippen LogP contribution in [0.2, 0.25) is 0 Å². The molecule has 0 fully saturated rings. The first-order chi connectivity index (χ1) is 9.63. The fraction of sp³-hybridized carbons (Fsp3) is 0.364. The highest BCUT2D eigenvalue weighted by atomic mass is 16.5. The van der Waals surface area contributed by atoms with E-state index >= 15 is 0 Å². The molecule has 9 nitrogen and oxygen atoms in total. The van der Waals surface area contributed by atoms with E-state index in [-0.39, 0.29) is 0 Å². The summed E-state index contributed by atoms with van der Waals surface area (Å²) < 4.78 is 6.77. The third-order valence-corrected chi connectivity index (χ3v) is 2.66. The van der Waals surface area contributed by atoms with Crippen molar-refractivity contribution in [2.24, 2.45) is 0 Å². The molecule has 20 heavy (non-hydrogen) atoms. The topological polar surface area (TPSA) is 97.3 Å². The second kappa shape index (κ2) is 4.76. The average Bonchev–Trinajstić information content (AvgIpc) is 3.04. The lowest BCUT2D eigenvalue weighted by Gasteiger charge is -2.06. The Morgan fingerprint density at radius 3 is 2.95 bits per heavy atom. The summed E-state index contributed by atoms with van der Waals surface area (Å²) in [6.45, 7) is 2.30. The zero-order valence-corrected chi connectivity index (χ0v) is 11.4. The third-order valence-electron chi connectivity index (χ3n) is 2.66. The van der Waals surface area contributed by atoms with Crippen molar-refractivity contribution < 1.29 is 4.52 Å². The minimum atomic E-state index is 0.402. The second-order valence-electron chi connectivity index (χ2n) is 4.49. The fourth-order valence-corrected chi connectivity index (χ4v) is 1.72. The van der Waals surface area contributed by atoms with Crippen LogP contribution in [0.15, 0.2) is 16.9 Å². The first-order valence-electron chi connectivity index (χ1n) is 6.04. The molecule has 3 heterocycles. The van der Waals surface area contributed by atoms with Gasteiger partial charge in [0, 0.05) is 25.9 Å². The van der Waals surface area contributed by atoms with Crippen LogP contribution in [0.4, 0.5) is 11.8 Å². The number of fused-ring (bicyclic) bond motifs is 1. The molecule has 0 atom stereocenters. The Bertz CT molecular complexity index is 731. The van der Waals surface area contributed by atoms with Gasteiger partial charge in [-0.15, -0.1) is 0 Å². The van der Waals surface area contributed by atoms with Crippen LogP contribution in [0, 0.1) is 6.92 Å². The molecule has 0 radical (unpaired) electrons. The number of anilines is 2. The summed E-state index contributed by atoms with van der Waals surface area (Å²) in [7, 11) is 3.71. The predicted octanol–water partition coefficient (Wildman–Crippen LogP) is 0.494. The molecule has 1 N–H and O–H groups in total. The highest BCUT2D eigenvalue weighted by Crippen LogP contribution is 2.12. The normalized spacial score (nSPS) is 10.9. The lowest BCUT2D eigenvalue weighted by molar-refractivity contribution is 0.383. The summed E-state index contributed by atoms with van der Waals surface area (Å²) in [5, 5.41) is 11.2. The van der Waals surface area contributed by atoms with Gasteiger partial charge in [-0.1, -0.05) is 0 Å². The zero-order valence-electron chi connectivity index (χ0n) is 11.4. The molecule has 104 valence electrons. The number of aryl methyl sites for hydroxylation is 1. The van der Waals surface area contributed by atoms with E-state index in [0.717, 1.165) is 11.5 Å². The van der Waals surface area contributed by atoms with Crippen molar-refractivity contribution in [2.45, 2.75) is 13.5 Å². The molecule has 0 unspecified atom stereocenters. The molecule has 0 amide bonds. The molecule has 3 aromatic heterocycles. The van der Waals surface area contributed by atoms with Crippen LogP contribution in [-0.2, 0) is 6.54 Å². The van der Waals surface area contributed by atoms with Crippen molar-refractivity contribution in [1.29, 1.82) is 0 Å². The van der Waals surface area contributed by atoms with Gasteiger partial charge >= 0.3 is 0 Å². The van der Waals surface area contributed by atoms with E-state index in [1.54, 1.807) is 9.42 Å². The summed E-state index contributed by atoms with van der Waals surface area (Å²) in [5.41, 5.74) is 0.854. The van der Waals surface area contributed by atoms with Gasteiger partial charge in [0.1, 0.15) is 12.1 Å². The van der Waals surface area contributed by atoms with E-state index < -0.39 is 0 Å². The van der Waals surface area contributed by atoms with E-state index in [1.807, 2.05) is 27.1 Å². The number of hydrogen-bond acceptors (Lipinski definition) is 8. The lowest BCUT2D eigenvalue weighted by Crippen LogP contribution is -2.11. The largest absolute Gasteiger partial charge is 0.361 e. The summed E-state index contributed by atoms with van der Waals surface area (Å²) in [4.78, 5) is 14.4. The van der Waals surface area contributed by atoms with E-state index in [2.05, 4.69) is 30.5 Å². The first-order valence-corrected chi connectivity index (χ1v) is 6.04. The van der Waals surface area contributed by atoms with Gasteiger partial charge in [-0.3, -0.25) is 0 Å². The van der Waals surface area contributed by atoms with Gasteiger partial charge in [-0.05, 0) is 12.1 Å². The van der Waals surface area contributed by atoms with Gasteiger partial charge in [-0.25, -0.2) is 4.98 Å². The molecule has 0 bridgehead atoms. The Morgan fingerprint density at radius 2 is 2.20 bits per heavy atom.